The van der Waals surface area contributed by atoms with Crippen LogP contribution in [0.25, 0.3) is 0 Å². The van der Waals surface area contributed by atoms with Gasteiger partial charge in [-0.25, -0.2) is 0 Å². The molecular formula is C13H14BrNO. The maximum absolute atomic E-state index is 5.34. The van der Waals surface area contributed by atoms with Crippen molar-refractivity contribution in [2.24, 2.45) is 0 Å². The highest BCUT2D eigenvalue weighted by molar-refractivity contribution is 9.09. The lowest BCUT2D eigenvalue weighted by Gasteiger charge is -2.28. The summed E-state index contributed by atoms with van der Waals surface area (Å²) in [6.07, 6.45) is 0. The van der Waals surface area contributed by atoms with E-state index in [1.54, 1.807) is 0 Å². The Labute approximate surface area is 105 Å². The van der Waals surface area contributed by atoms with Gasteiger partial charge in [0.15, 0.2) is 0 Å². The van der Waals surface area contributed by atoms with E-state index in [1.165, 1.54) is 5.69 Å². The van der Waals surface area contributed by atoms with Gasteiger partial charge in [-0.05, 0) is 18.2 Å². The second-order valence-corrected chi connectivity index (χ2v) is 4.15. The minimum Gasteiger partial charge on any atom is -0.378 e. The van der Waals surface area contributed by atoms with Crippen LogP contribution in [0.1, 0.15) is 5.56 Å². The normalized spacial score (nSPS) is 15.4. The van der Waals surface area contributed by atoms with Crippen molar-refractivity contribution in [1.29, 1.82) is 0 Å². The fraction of sp³-hybridized carbons (Fsp3) is 0.385. The highest BCUT2D eigenvalue weighted by Crippen LogP contribution is 2.16. The molecule has 1 saturated heterocycles. The van der Waals surface area contributed by atoms with E-state index in [2.05, 4.69) is 50.9 Å². The quantitative estimate of drug-likeness (QED) is 0.578. The van der Waals surface area contributed by atoms with Crippen molar-refractivity contribution in [3.63, 3.8) is 0 Å². The van der Waals surface area contributed by atoms with Gasteiger partial charge in [-0.2, -0.15) is 0 Å². The number of halogens is 1. The zero-order valence-electron chi connectivity index (χ0n) is 9.08. The molecule has 0 radical (unpaired) electrons. The molecule has 1 heterocycles. The lowest BCUT2D eigenvalue weighted by molar-refractivity contribution is 0.122. The topological polar surface area (TPSA) is 12.5 Å². The third kappa shape index (κ3) is 3.01. The first-order valence-electron chi connectivity index (χ1n) is 5.38. The number of hydrogen-bond donors (Lipinski definition) is 0. The molecule has 1 fully saturated rings. The largest absolute Gasteiger partial charge is 0.378 e. The van der Waals surface area contributed by atoms with Crippen LogP contribution >= 0.6 is 15.9 Å². The van der Waals surface area contributed by atoms with Gasteiger partial charge in [0.1, 0.15) is 0 Å². The van der Waals surface area contributed by atoms with Crippen LogP contribution < -0.4 is 4.90 Å². The number of anilines is 1. The SMILES string of the molecule is BrCC#Cc1cccc(N2CCOCC2)c1. The molecule has 0 unspecified atom stereocenters. The van der Waals surface area contributed by atoms with Crippen LogP contribution in [0, 0.1) is 11.8 Å². The summed E-state index contributed by atoms with van der Waals surface area (Å²) in [5, 5.41) is 0.717. The molecule has 2 nitrogen and oxygen atoms in total. The monoisotopic (exact) mass is 279 g/mol. The first kappa shape index (κ1) is 11.5. The minimum absolute atomic E-state index is 0.717. The van der Waals surface area contributed by atoms with E-state index in [4.69, 9.17) is 4.74 Å². The third-order valence-corrected chi connectivity index (χ3v) is 2.80. The van der Waals surface area contributed by atoms with Crippen LogP contribution in [-0.4, -0.2) is 31.6 Å². The molecule has 0 bridgehead atoms. The minimum atomic E-state index is 0.717. The number of nitrogens with zero attached hydrogens (tertiary/aromatic N) is 1. The molecule has 1 aliphatic heterocycles. The molecule has 2 rings (SSSR count). The summed E-state index contributed by atoms with van der Waals surface area (Å²) >= 11 is 3.30. The molecule has 84 valence electrons. The average molecular weight is 280 g/mol. The number of alkyl halides is 1. The first-order chi connectivity index (χ1) is 7.90. The van der Waals surface area contributed by atoms with Crippen LogP contribution in [-0.2, 0) is 4.74 Å². The summed E-state index contributed by atoms with van der Waals surface area (Å²) in [5.74, 6) is 6.14. The highest BCUT2D eigenvalue weighted by atomic mass is 79.9. The molecule has 1 aromatic rings. The Morgan fingerprint density at radius 3 is 2.88 bits per heavy atom. The Morgan fingerprint density at radius 1 is 1.31 bits per heavy atom. The Bertz CT molecular complexity index is 402. The van der Waals surface area contributed by atoms with E-state index in [0.717, 1.165) is 37.2 Å². The fourth-order valence-electron chi connectivity index (χ4n) is 1.74. The second kappa shape index (κ2) is 5.93. The van der Waals surface area contributed by atoms with Gasteiger partial charge in [-0.1, -0.05) is 33.8 Å². The molecule has 0 aliphatic carbocycles. The van der Waals surface area contributed by atoms with Gasteiger partial charge in [0.05, 0.1) is 18.5 Å². The third-order valence-electron chi connectivity index (χ3n) is 2.52. The Kier molecular flexibility index (Phi) is 4.26. The van der Waals surface area contributed by atoms with Gasteiger partial charge >= 0.3 is 0 Å². The van der Waals surface area contributed by atoms with Crippen LogP contribution in [0.15, 0.2) is 24.3 Å². The maximum atomic E-state index is 5.34. The summed E-state index contributed by atoms with van der Waals surface area (Å²) in [4.78, 5) is 2.34. The van der Waals surface area contributed by atoms with E-state index in [1.807, 2.05) is 6.07 Å². The molecule has 1 aromatic carbocycles. The van der Waals surface area contributed by atoms with Crippen molar-refractivity contribution in [2.45, 2.75) is 0 Å². The Balaban J connectivity index is 2.14. The molecular weight excluding hydrogens is 266 g/mol. The van der Waals surface area contributed by atoms with Crippen LogP contribution in [0.4, 0.5) is 5.69 Å². The van der Waals surface area contributed by atoms with Crippen LogP contribution in [0.3, 0.4) is 0 Å². The van der Waals surface area contributed by atoms with Crippen LogP contribution in [0.2, 0.25) is 0 Å². The number of hydrogen-bond acceptors (Lipinski definition) is 2. The van der Waals surface area contributed by atoms with E-state index >= 15 is 0 Å². The highest BCUT2D eigenvalue weighted by Gasteiger charge is 2.10. The summed E-state index contributed by atoms with van der Waals surface area (Å²) in [7, 11) is 0. The van der Waals surface area contributed by atoms with Crippen molar-refractivity contribution in [2.75, 3.05) is 36.5 Å². The van der Waals surface area contributed by atoms with Crippen molar-refractivity contribution < 1.29 is 4.74 Å². The van der Waals surface area contributed by atoms with Gasteiger partial charge in [-0.15, -0.1) is 0 Å². The number of ether oxygens (including phenoxy) is 1. The molecule has 0 atom stereocenters. The molecule has 0 aromatic heterocycles. The number of benzene rings is 1. The van der Waals surface area contributed by atoms with Gasteiger partial charge in [-0.3, -0.25) is 0 Å². The van der Waals surface area contributed by atoms with Gasteiger partial charge in [0, 0.05) is 24.3 Å². The first-order valence-corrected chi connectivity index (χ1v) is 6.50. The molecule has 0 saturated carbocycles. The Morgan fingerprint density at radius 2 is 2.12 bits per heavy atom. The van der Waals surface area contributed by atoms with Gasteiger partial charge < -0.3 is 9.64 Å². The average Bonchev–Trinajstić information content (AvgIpc) is 2.38. The predicted octanol–water partition coefficient (Wildman–Crippen LogP) is 2.27. The van der Waals surface area contributed by atoms with Crippen molar-refractivity contribution >= 4 is 21.6 Å². The lowest BCUT2D eigenvalue weighted by Crippen LogP contribution is -2.36. The Hall–Kier alpha value is -0.980. The van der Waals surface area contributed by atoms with E-state index in [-0.39, 0.29) is 0 Å². The van der Waals surface area contributed by atoms with E-state index in [0.29, 0.717) is 0 Å². The predicted molar refractivity (Wildman–Crippen MR) is 70.1 cm³/mol. The zero-order chi connectivity index (χ0) is 11.2. The number of rotatable bonds is 1. The van der Waals surface area contributed by atoms with Crippen molar-refractivity contribution in [3.8, 4) is 11.8 Å². The molecule has 0 spiro atoms. The molecule has 1 aliphatic rings. The van der Waals surface area contributed by atoms with Crippen LogP contribution in [0.5, 0.6) is 0 Å². The summed E-state index contributed by atoms with van der Waals surface area (Å²) in [6, 6.07) is 8.37. The van der Waals surface area contributed by atoms with E-state index in [9.17, 15) is 0 Å². The van der Waals surface area contributed by atoms with Gasteiger partial charge in [0.2, 0.25) is 0 Å². The summed E-state index contributed by atoms with van der Waals surface area (Å²) in [5.41, 5.74) is 2.31. The molecule has 16 heavy (non-hydrogen) atoms. The smallest absolute Gasteiger partial charge is 0.0649 e. The lowest BCUT2D eigenvalue weighted by atomic mass is 10.2. The standard InChI is InChI=1S/C13H14BrNO/c14-6-2-4-12-3-1-5-13(11-12)15-7-9-16-10-8-15/h1,3,5,11H,6-10H2. The summed E-state index contributed by atoms with van der Waals surface area (Å²) < 4.78 is 5.34. The summed E-state index contributed by atoms with van der Waals surface area (Å²) in [6.45, 7) is 3.57. The zero-order valence-corrected chi connectivity index (χ0v) is 10.7. The maximum Gasteiger partial charge on any atom is 0.0649 e. The van der Waals surface area contributed by atoms with Crippen molar-refractivity contribution in [1.82, 2.24) is 0 Å². The second-order valence-electron chi connectivity index (χ2n) is 3.59. The fourth-order valence-corrected chi connectivity index (χ4v) is 1.88. The molecule has 0 N–H and O–H groups in total. The van der Waals surface area contributed by atoms with Gasteiger partial charge in [0.25, 0.3) is 0 Å². The van der Waals surface area contributed by atoms with E-state index < -0.39 is 0 Å². The molecule has 0 amide bonds. The molecule has 3 heteroatoms. The number of morpholine rings is 1. The van der Waals surface area contributed by atoms with Crippen molar-refractivity contribution in [3.05, 3.63) is 29.8 Å².